The second-order valence-corrected chi connectivity index (χ2v) is 8.83. The molecule has 9 nitrogen and oxygen atoms in total. The van der Waals surface area contributed by atoms with Crippen molar-refractivity contribution >= 4 is 35.2 Å². The Morgan fingerprint density at radius 2 is 1.58 bits per heavy atom. The van der Waals surface area contributed by atoms with E-state index in [1.54, 1.807) is 55.5 Å². The third-order valence-corrected chi connectivity index (χ3v) is 6.18. The van der Waals surface area contributed by atoms with Gasteiger partial charge in [-0.1, -0.05) is 29.8 Å². The summed E-state index contributed by atoms with van der Waals surface area (Å²) in [6.07, 6.45) is -0.233. The highest BCUT2D eigenvalue weighted by molar-refractivity contribution is 6.22. The second-order valence-electron chi connectivity index (χ2n) is 8.83. The molecule has 4 rings (SSSR count). The number of esters is 1. The Bertz CT molecular complexity index is 1320. The first-order valence-electron chi connectivity index (χ1n) is 12.2. The largest absolute Gasteiger partial charge is 0.497 e. The highest BCUT2D eigenvalue weighted by Gasteiger charge is 2.46. The Balaban J connectivity index is 1.54. The lowest BCUT2D eigenvalue weighted by molar-refractivity contribution is -0.124. The van der Waals surface area contributed by atoms with Crippen LogP contribution in [0.2, 0.25) is 0 Å². The number of amides is 4. The molecule has 1 heterocycles. The molecule has 3 aromatic carbocycles. The van der Waals surface area contributed by atoms with Gasteiger partial charge in [0.1, 0.15) is 11.8 Å². The van der Waals surface area contributed by atoms with E-state index in [-0.39, 0.29) is 19.6 Å². The van der Waals surface area contributed by atoms with Crippen LogP contribution in [0, 0.1) is 6.92 Å². The highest BCUT2D eigenvalue weighted by atomic mass is 16.5. The number of methoxy groups -OCH3 is 1. The van der Waals surface area contributed by atoms with Gasteiger partial charge in [-0.15, -0.1) is 0 Å². The van der Waals surface area contributed by atoms with Crippen LogP contribution in [0.4, 0.5) is 16.2 Å². The predicted octanol–water partition coefficient (Wildman–Crippen LogP) is 4.55. The van der Waals surface area contributed by atoms with Crippen LogP contribution in [-0.4, -0.2) is 48.5 Å². The topological polar surface area (TPSA) is 105 Å². The van der Waals surface area contributed by atoms with Gasteiger partial charge in [-0.05, 0) is 67.9 Å². The molecule has 0 radical (unpaired) electrons. The summed E-state index contributed by atoms with van der Waals surface area (Å²) >= 11 is 0. The highest BCUT2D eigenvalue weighted by Crippen LogP contribution is 2.30. The molecule has 1 saturated heterocycles. The van der Waals surface area contributed by atoms with Crippen molar-refractivity contribution in [3.05, 3.63) is 89.5 Å². The lowest BCUT2D eigenvalue weighted by Crippen LogP contribution is -2.37. The molecule has 4 amide bonds. The van der Waals surface area contributed by atoms with Crippen LogP contribution in [0.5, 0.6) is 5.75 Å². The van der Waals surface area contributed by atoms with Gasteiger partial charge < -0.3 is 19.7 Å². The summed E-state index contributed by atoms with van der Waals surface area (Å²) in [6, 6.07) is 19.0. The van der Waals surface area contributed by atoms with Gasteiger partial charge in [0.05, 0.1) is 31.4 Å². The van der Waals surface area contributed by atoms with E-state index in [0.717, 1.165) is 16.0 Å². The van der Waals surface area contributed by atoms with E-state index < -0.39 is 29.9 Å². The number of urea groups is 1. The van der Waals surface area contributed by atoms with Crippen LogP contribution in [0.1, 0.15) is 34.8 Å². The molecular formula is C29H29N3O6. The zero-order valence-electron chi connectivity index (χ0n) is 21.5. The zero-order valence-corrected chi connectivity index (χ0v) is 21.5. The van der Waals surface area contributed by atoms with Gasteiger partial charge >= 0.3 is 12.0 Å². The van der Waals surface area contributed by atoms with E-state index in [1.807, 2.05) is 31.2 Å². The van der Waals surface area contributed by atoms with Crippen molar-refractivity contribution < 1.29 is 28.7 Å². The van der Waals surface area contributed by atoms with Crippen molar-refractivity contribution in [1.82, 2.24) is 4.90 Å². The Kier molecular flexibility index (Phi) is 8.06. The first kappa shape index (κ1) is 26.4. The van der Waals surface area contributed by atoms with Crippen molar-refractivity contribution in [2.75, 3.05) is 23.9 Å². The Hall–Kier alpha value is -4.66. The van der Waals surface area contributed by atoms with Crippen LogP contribution in [-0.2, 0) is 20.9 Å². The fourth-order valence-corrected chi connectivity index (χ4v) is 4.16. The van der Waals surface area contributed by atoms with Gasteiger partial charge in [0.15, 0.2) is 0 Å². The minimum absolute atomic E-state index is 0.170. The standard InChI is InChI=1S/C29H29N3O6/c1-4-38-28(35)21-9-11-22(12-10-21)30-26(33)17-25-27(34)32(23-13-15-24(37-3)16-14-23)29(36)31(25)18-20-7-5-19(2)6-8-20/h5-16,25H,4,17-18H2,1-3H3,(H,30,33)/t25-/m0/s1. The summed E-state index contributed by atoms with van der Waals surface area (Å²) in [7, 11) is 1.53. The molecule has 196 valence electrons. The number of ether oxygens (including phenoxy) is 2. The third kappa shape index (κ3) is 5.83. The van der Waals surface area contributed by atoms with E-state index in [0.29, 0.717) is 22.7 Å². The SMILES string of the molecule is CCOC(=O)c1ccc(NC(=O)C[C@H]2C(=O)N(c3ccc(OC)cc3)C(=O)N2Cc2ccc(C)cc2)cc1. The number of anilines is 2. The number of imide groups is 1. The van der Waals surface area contributed by atoms with Crippen molar-refractivity contribution in [3.63, 3.8) is 0 Å². The van der Waals surface area contributed by atoms with Gasteiger partial charge in [-0.3, -0.25) is 9.59 Å². The molecule has 9 heteroatoms. The maximum atomic E-state index is 13.5. The minimum atomic E-state index is -0.996. The van der Waals surface area contributed by atoms with Crippen molar-refractivity contribution in [2.45, 2.75) is 32.9 Å². The van der Waals surface area contributed by atoms with Crippen molar-refractivity contribution in [3.8, 4) is 5.75 Å². The first-order valence-corrected chi connectivity index (χ1v) is 12.2. The molecule has 0 saturated carbocycles. The number of aryl methyl sites for hydroxylation is 1. The van der Waals surface area contributed by atoms with E-state index in [4.69, 9.17) is 9.47 Å². The smallest absolute Gasteiger partial charge is 0.338 e. The van der Waals surface area contributed by atoms with Crippen LogP contribution in [0.15, 0.2) is 72.8 Å². The third-order valence-electron chi connectivity index (χ3n) is 6.18. The molecule has 1 aliphatic rings. The van der Waals surface area contributed by atoms with Gasteiger partial charge in [0.25, 0.3) is 5.91 Å². The molecular weight excluding hydrogens is 486 g/mol. The molecule has 1 atom stereocenters. The van der Waals surface area contributed by atoms with Crippen LogP contribution >= 0.6 is 0 Å². The average molecular weight is 516 g/mol. The van der Waals surface area contributed by atoms with E-state index in [9.17, 15) is 19.2 Å². The van der Waals surface area contributed by atoms with Crippen LogP contribution < -0.4 is 15.0 Å². The first-order chi connectivity index (χ1) is 18.3. The summed E-state index contributed by atoms with van der Waals surface area (Å²) in [6.45, 7) is 4.12. The summed E-state index contributed by atoms with van der Waals surface area (Å²) in [5, 5.41) is 2.75. The number of benzene rings is 3. The Labute approximate surface area is 220 Å². The molecule has 1 N–H and O–H groups in total. The van der Waals surface area contributed by atoms with Crippen molar-refractivity contribution in [2.24, 2.45) is 0 Å². The number of nitrogens with zero attached hydrogens (tertiary/aromatic N) is 2. The Morgan fingerprint density at radius 3 is 2.18 bits per heavy atom. The maximum absolute atomic E-state index is 13.5. The summed E-state index contributed by atoms with van der Waals surface area (Å²) in [5.74, 6) is -0.786. The van der Waals surface area contributed by atoms with Gasteiger partial charge in [-0.25, -0.2) is 14.5 Å². The fraction of sp³-hybridized carbons (Fsp3) is 0.241. The quantitative estimate of drug-likeness (QED) is 0.331. The number of nitrogens with one attached hydrogen (secondary N) is 1. The van der Waals surface area contributed by atoms with Crippen molar-refractivity contribution in [1.29, 1.82) is 0 Å². The molecule has 0 spiro atoms. The van der Waals surface area contributed by atoms with E-state index in [2.05, 4.69) is 5.32 Å². The molecule has 0 unspecified atom stereocenters. The molecule has 1 fully saturated rings. The number of rotatable bonds is 9. The number of hydrogen-bond acceptors (Lipinski definition) is 6. The number of hydrogen-bond donors (Lipinski definition) is 1. The molecule has 0 aliphatic carbocycles. The molecule has 38 heavy (non-hydrogen) atoms. The maximum Gasteiger partial charge on any atom is 0.338 e. The normalized spacial score (nSPS) is 15.0. The molecule has 0 bridgehead atoms. The van der Waals surface area contributed by atoms with E-state index in [1.165, 1.54) is 12.0 Å². The lowest BCUT2D eigenvalue weighted by Gasteiger charge is -2.22. The predicted molar refractivity (Wildman–Crippen MR) is 142 cm³/mol. The summed E-state index contributed by atoms with van der Waals surface area (Å²) in [5.41, 5.74) is 3.13. The van der Waals surface area contributed by atoms with Crippen LogP contribution in [0.25, 0.3) is 0 Å². The summed E-state index contributed by atoms with van der Waals surface area (Å²) < 4.78 is 10.2. The zero-order chi connectivity index (χ0) is 27.2. The fourth-order valence-electron chi connectivity index (χ4n) is 4.16. The monoisotopic (exact) mass is 515 g/mol. The number of carbonyl (C=O) groups is 4. The van der Waals surface area contributed by atoms with Gasteiger partial charge in [-0.2, -0.15) is 0 Å². The summed E-state index contributed by atoms with van der Waals surface area (Å²) in [4.78, 5) is 54.3. The number of carbonyl (C=O) groups excluding carboxylic acids is 4. The van der Waals surface area contributed by atoms with Gasteiger partial charge in [0, 0.05) is 12.2 Å². The average Bonchev–Trinajstić information content (AvgIpc) is 3.14. The van der Waals surface area contributed by atoms with E-state index >= 15 is 0 Å². The lowest BCUT2D eigenvalue weighted by atomic mass is 10.1. The second kappa shape index (κ2) is 11.6. The molecule has 3 aromatic rings. The molecule has 0 aromatic heterocycles. The van der Waals surface area contributed by atoms with Gasteiger partial charge in [0.2, 0.25) is 5.91 Å². The molecule has 1 aliphatic heterocycles. The Morgan fingerprint density at radius 1 is 0.921 bits per heavy atom. The minimum Gasteiger partial charge on any atom is -0.497 e. The van der Waals surface area contributed by atoms with Crippen LogP contribution in [0.3, 0.4) is 0 Å².